The lowest BCUT2D eigenvalue weighted by molar-refractivity contribution is -0.153. The van der Waals surface area contributed by atoms with Gasteiger partial charge >= 0.3 is 6.18 Å². The van der Waals surface area contributed by atoms with Gasteiger partial charge in [-0.3, -0.25) is 14.7 Å². The summed E-state index contributed by atoms with van der Waals surface area (Å²) in [5.41, 5.74) is 1.33. The zero-order chi connectivity index (χ0) is 31.9. The molecule has 1 N–H and O–H groups in total. The van der Waals surface area contributed by atoms with E-state index in [0.717, 1.165) is 29.7 Å². The van der Waals surface area contributed by atoms with Crippen molar-refractivity contribution in [2.24, 2.45) is 4.99 Å². The minimum absolute atomic E-state index is 0.0391. The summed E-state index contributed by atoms with van der Waals surface area (Å²) in [7, 11) is -3.40. The molecule has 0 aromatic carbocycles. The van der Waals surface area contributed by atoms with Gasteiger partial charge in [0.1, 0.15) is 5.60 Å². The Bertz CT molecular complexity index is 1590. The number of hydrogen-bond donors (Lipinski definition) is 1. The number of piperidine rings is 1. The molecule has 14 heteroatoms. The predicted octanol–water partition coefficient (Wildman–Crippen LogP) is 5.37. The molecule has 2 fully saturated rings. The van der Waals surface area contributed by atoms with Crippen LogP contribution in [0.5, 0.6) is 0 Å². The lowest BCUT2D eigenvalue weighted by Gasteiger charge is -2.47. The SMILES string of the molecule is C=C(CNC(=O)c1cc2c(s1)C1(CCN(C(C)c3cnc(C(F)(F)F)nc3)CC1)OC1(CC1)C2)N=C/C(=C\C)S(=O)(=O)CC. The standard InChI is InChI=1S/C30H36F3N5O4S2/c1-5-23(44(40,41)6-2)18-34-19(3)15-35-26(39)24-13-21-14-28(7-8-28)42-29(25(21)43-24)9-11-38(12-10-29)20(4)22-16-36-27(37-17-22)30(31,32)33/h5,13,16-18,20H,3,6-12,14-15H2,1-2,4H3,(H,35,39)/b23-5+,34-18?. The Labute approximate surface area is 259 Å². The van der Waals surface area contributed by atoms with E-state index < -0.39 is 27.4 Å². The molecule has 2 aromatic rings. The van der Waals surface area contributed by atoms with Crippen molar-refractivity contribution in [1.29, 1.82) is 0 Å². The fourth-order valence-electron chi connectivity index (χ4n) is 5.80. The van der Waals surface area contributed by atoms with Crippen molar-refractivity contribution in [2.45, 2.75) is 76.3 Å². The average Bonchev–Trinajstić information content (AvgIpc) is 3.58. The third kappa shape index (κ3) is 6.68. The number of ether oxygens (including phenoxy) is 1. The van der Waals surface area contributed by atoms with Gasteiger partial charge < -0.3 is 10.1 Å². The molecule has 1 amide bonds. The normalized spacial score (nSPS) is 20.5. The van der Waals surface area contributed by atoms with E-state index in [-0.39, 0.29) is 34.8 Å². The number of nitrogens with one attached hydrogen (secondary N) is 1. The van der Waals surface area contributed by atoms with Crippen molar-refractivity contribution in [3.63, 3.8) is 0 Å². The second kappa shape index (κ2) is 12.1. The molecule has 3 aliphatic rings. The fraction of sp³-hybridized carbons (Fsp3) is 0.533. The molecule has 2 aliphatic heterocycles. The number of aromatic nitrogens is 2. The van der Waals surface area contributed by atoms with Crippen LogP contribution in [-0.2, 0) is 32.8 Å². The van der Waals surface area contributed by atoms with E-state index in [1.54, 1.807) is 13.8 Å². The minimum Gasteiger partial charge on any atom is -0.363 e. The maximum atomic E-state index is 13.2. The molecular weight excluding hydrogens is 615 g/mol. The van der Waals surface area contributed by atoms with Crippen LogP contribution in [0.1, 0.15) is 84.0 Å². The van der Waals surface area contributed by atoms with Gasteiger partial charge in [0.15, 0.2) is 9.84 Å². The molecule has 9 nitrogen and oxygen atoms in total. The number of alkyl halides is 3. The number of carbonyl (C=O) groups excluding carboxylic acids is 1. The molecule has 44 heavy (non-hydrogen) atoms. The number of nitrogens with zero attached hydrogens (tertiary/aromatic N) is 4. The van der Waals surface area contributed by atoms with E-state index in [9.17, 15) is 26.4 Å². The molecular formula is C30H36F3N5O4S2. The maximum absolute atomic E-state index is 13.2. The molecule has 1 saturated carbocycles. The van der Waals surface area contributed by atoms with Crippen molar-refractivity contribution in [3.05, 3.63) is 68.4 Å². The van der Waals surface area contributed by atoms with Crippen LogP contribution in [0.2, 0.25) is 0 Å². The van der Waals surface area contributed by atoms with Gasteiger partial charge in [-0.25, -0.2) is 18.4 Å². The Morgan fingerprint density at radius 3 is 2.48 bits per heavy atom. The highest BCUT2D eigenvalue weighted by Crippen LogP contribution is 2.57. The van der Waals surface area contributed by atoms with E-state index in [1.165, 1.54) is 36.0 Å². The summed E-state index contributed by atoms with van der Waals surface area (Å²) < 4.78 is 69.8. The zero-order valence-corrected chi connectivity index (χ0v) is 26.5. The van der Waals surface area contributed by atoms with Crippen LogP contribution in [0.3, 0.4) is 0 Å². The van der Waals surface area contributed by atoms with Gasteiger partial charge in [-0.05, 0) is 51.2 Å². The first-order valence-corrected chi connectivity index (χ1v) is 17.0. The number of allylic oxidation sites excluding steroid dienone is 2. The van der Waals surface area contributed by atoms with E-state index in [1.807, 2.05) is 13.0 Å². The van der Waals surface area contributed by atoms with E-state index in [0.29, 0.717) is 42.1 Å². The first kappa shape index (κ1) is 32.5. The van der Waals surface area contributed by atoms with Gasteiger partial charge in [0, 0.05) is 54.6 Å². The maximum Gasteiger partial charge on any atom is 0.451 e. The summed E-state index contributed by atoms with van der Waals surface area (Å²) in [4.78, 5) is 28.3. The van der Waals surface area contributed by atoms with Gasteiger partial charge in [0.25, 0.3) is 5.91 Å². The largest absolute Gasteiger partial charge is 0.451 e. The van der Waals surface area contributed by atoms with Gasteiger partial charge in [-0.2, -0.15) is 13.2 Å². The highest BCUT2D eigenvalue weighted by molar-refractivity contribution is 7.96. The summed E-state index contributed by atoms with van der Waals surface area (Å²) >= 11 is 1.43. The molecule has 1 saturated heterocycles. The highest BCUT2D eigenvalue weighted by atomic mass is 32.2. The van der Waals surface area contributed by atoms with Gasteiger partial charge in [-0.1, -0.05) is 19.6 Å². The van der Waals surface area contributed by atoms with Crippen LogP contribution in [0, 0.1) is 0 Å². The van der Waals surface area contributed by atoms with Crippen molar-refractivity contribution in [2.75, 3.05) is 25.4 Å². The number of halogens is 3. The molecule has 0 radical (unpaired) electrons. The molecule has 2 spiro atoms. The van der Waals surface area contributed by atoms with Crippen molar-refractivity contribution in [1.82, 2.24) is 20.2 Å². The van der Waals surface area contributed by atoms with Crippen LogP contribution >= 0.6 is 11.3 Å². The number of aliphatic imine (C=N–C) groups is 1. The van der Waals surface area contributed by atoms with Crippen molar-refractivity contribution < 1.29 is 31.1 Å². The Morgan fingerprint density at radius 2 is 1.91 bits per heavy atom. The number of fused-ring (bicyclic) bond motifs is 2. The Kier molecular flexibility index (Phi) is 8.93. The average molecular weight is 652 g/mol. The molecule has 2 aromatic heterocycles. The predicted molar refractivity (Wildman–Crippen MR) is 162 cm³/mol. The number of thiophene rings is 1. The van der Waals surface area contributed by atoms with Crippen LogP contribution in [0.25, 0.3) is 0 Å². The van der Waals surface area contributed by atoms with Crippen LogP contribution in [0.15, 0.2) is 46.7 Å². The molecule has 1 atom stereocenters. The highest BCUT2D eigenvalue weighted by Gasteiger charge is 2.56. The van der Waals surface area contributed by atoms with Crippen molar-refractivity contribution in [3.8, 4) is 0 Å². The molecule has 4 heterocycles. The first-order valence-electron chi connectivity index (χ1n) is 14.6. The topological polar surface area (TPSA) is 114 Å². The smallest absolute Gasteiger partial charge is 0.363 e. The quantitative estimate of drug-likeness (QED) is 0.363. The molecule has 1 unspecified atom stereocenters. The van der Waals surface area contributed by atoms with E-state index in [4.69, 9.17) is 4.74 Å². The number of hydrogen-bond acceptors (Lipinski definition) is 9. The first-order chi connectivity index (χ1) is 20.7. The number of sulfone groups is 1. The van der Waals surface area contributed by atoms with Crippen LogP contribution in [0.4, 0.5) is 13.2 Å². The van der Waals surface area contributed by atoms with Gasteiger partial charge in [0.2, 0.25) is 5.82 Å². The fourth-order valence-corrected chi connectivity index (χ4v) is 7.99. The number of likely N-dealkylation sites (tertiary alicyclic amines) is 1. The lowest BCUT2D eigenvalue weighted by Crippen LogP contribution is -2.49. The number of amides is 1. The zero-order valence-electron chi connectivity index (χ0n) is 24.9. The summed E-state index contributed by atoms with van der Waals surface area (Å²) in [6, 6.07) is 1.78. The van der Waals surface area contributed by atoms with E-state index in [2.05, 4.69) is 31.8 Å². The van der Waals surface area contributed by atoms with Crippen molar-refractivity contribution >= 4 is 33.3 Å². The van der Waals surface area contributed by atoms with Gasteiger partial charge in [0.05, 0.1) is 33.4 Å². The molecule has 5 rings (SSSR count). The van der Waals surface area contributed by atoms with Crippen LogP contribution in [-0.4, -0.2) is 66.4 Å². The summed E-state index contributed by atoms with van der Waals surface area (Å²) in [5, 5.41) is 2.84. The molecule has 0 bridgehead atoms. The summed E-state index contributed by atoms with van der Waals surface area (Å²) in [5.74, 6) is -1.45. The Balaban J connectivity index is 1.25. The Hall–Kier alpha value is -2.94. The third-order valence-corrected chi connectivity index (χ3v) is 11.8. The second-order valence-electron chi connectivity index (χ2n) is 11.6. The summed E-state index contributed by atoms with van der Waals surface area (Å²) in [6.07, 6.45) is 4.71. The monoisotopic (exact) mass is 651 g/mol. The Morgan fingerprint density at radius 1 is 1.25 bits per heavy atom. The van der Waals surface area contributed by atoms with E-state index >= 15 is 0 Å². The second-order valence-corrected chi connectivity index (χ2v) is 14.9. The van der Waals surface area contributed by atoms with Gasteiger partial charge in [-0.15, -0.1) is 11.3 Å². The van der Waals surface area contributed by atoms with Crippen LogP contribution < -0.4 is 5.32 Å². The third-order valence-electron chi connectivity index (χ3n) is 8.59. The lowest BCUT2D eigenvalue weighted by atomic mass is 9.82. The number of rotatable bonds is 9. The molecule has 238 valence electrons. The molecule has 1 aliphatic carbocycles. The number of carbonyl (C=O) groups is 1. The minimum atomic E-state index is -4.58. The summed E-state index contributed by atoms with van der Waals surface area (Å²) in [6.45, 7) is 10.4.